The number of H-pyrrole nitrogens is 1. The maximum Gasteiger partial charge on any atom is 0.255 e. The number of fused-ring (bicyclic) bond motifs is 1. The van der Waals surface area contributed by atoms with Gasteiger partial charge < -0.3 is 15.2 Å². The monoisotopic (exact) mass is 535 g/mol. The number of amides is 2. The van der Waals surface area contributed by atoms with Crippen LogP contribution < -0.4 is 5.32 Å². The van der Waals surface area contributed by atoms with E-state index in [0.717, 1.165) is 41.7 Å². The van der Waals surface area contributed by atoms with Crippen LogP contribution in [0.25, 0.3) is 11.0 Å². The summed E-state index contributed by atoms with van der Waals surface area (Å²) in [5.74, 6) is 0.318. The maximum absolute atomic E-state index is 13.5. The molecule has 37 heavy (non-hydrogen) atoms. The number of carbonyl (C=O) groups is 2. The van der Waals surface area contributed by atoms with Crippen molar-refractivity contribution in [3.8, 4) is 0 Å². The minimum absolute atomic E-state index is 0.0373. The van der Waals surface area contributed by atoms with E-state index in [-0.39, 0.29) is 28.8 Å². The lowest BCUT2D eigenvalue weighted by molar-refractivity contribution is 0.0611. The van der Waals surface area contributed by atoms with E-state index in [0.29, 0.717) is 29.2 Å². The van der Waals surface area contributed by atoms with Gasteiger partial charge in [0.25, 0.3) is 11.8 Å². The summed E-state index contributed by atoms with van der Waals surface area (Å²) in [6.07, 6.45) is 6.42. The number of carbonyl (C=O) groups excluding carboxylic acids is 2. The summed E-state index contributed by atoms with van der Waals surface area (Å²) >= 11 is 12.6. The molecule has 2 atom stereocenters. The van der Waals surface area contributed by atoms with Crippen molar-refractivity contribution < 1.29 is 9.59 Å². The summed E-state index contributed by atoms with van der Waals surface area (Å²) < 4.78 is 0. The lowest BCUT2D eigenvalue weighted by Gasteiger charge is -2.36. The number of piperidine rings is 1. The normalized spacial score (nSPS) is 16.5. The summed E-state index contributed by atoms with van der Waals surface area (Å²) in [6.45, 7) is 3.01. The van der Waals surface area contributed by atoms with Gasteiger partial charge in [-0.2, -0.15) is 0 Å². The highest BCUT2D eigenvalue weighted by molar-refractivity contribution is 6.34. The van der Waals surface area contributed by atoms with Crippen LogP contribution in [0.15, 0.2) is 60.9 Å². The molecule has 1 saturated heterocycles. The first kappa shape index (κ1) is 25.2. The molecule has 1 aliphatic rings. The number of nitrogens with zero attached hydrogens (tertiary/aromatic N) is 3. The van der Waals surface area contributed by atoms with E-state index in [1.165, 1.54) is 0 Å². The van der Waals surface area contributed by atoms with Crippen molar-refractivity contribution in [2.75, 3.05) is 13.1 Å². The minimum atomic E-state index is -0.266. The number of likely N-dealkylation sites (tertiary alicyclic amines) is 1. The zero-order valence-electron chi connectivity index (χ0n) is 20.4. The Kier molecular flexibility index (Phi) is 7.44. The predicted molar refractivity (Wildman–Crippen MR) is 145 cm³/mol. The van der Waals surface area contributed by atoms with Crippen molar-refractivity contribution in [2.24, 2.45) is 0 Å². The zero-order valence-corrected chi connectivity index (χ0v) is 21.9. The molecule has 1 fully saturated rings. The van der Waals surface area contributed by atoms with Crippen LogP contribution >= 0.6 is 23.2 Å². The molecular weight excluding hydrogens is 509 g/mol. The number of aromatic nitrogens is 3. The van der Waals surface area contributed by atoms with Gasteiger partial charge in [0.1, 0.15) is 5.82 Å². The molecule has 0 saturated carbocycles. The van der Waals surface area contributed by atoms with Gasteiger partial charge in [-0.1, -0.05) is 36.2 Å². The van der Waals surface area contributed by atoms with Gasteiger partial charge in [-0.25, -0.2) is 4.98 Å². The number of hydrogen-bond acceptors (Lipinski definition) is 4. The van der Waals surface area contributed by atoms with E-state index in [9.17, 15) is 9.59 Å². The van der Waals surface area contributed by atoms with Crippen molar-refractivity contribution in [2.45, 2.75) is 38.1 Å². The van der Waals surface area contributed by atoms with Crippen LogP contribution in [0.4, 0.5) is 0 Å². The molecule has 2 amide bonds. The van der Waals surface area contributed by atoms with Crippen molar-refractivity contribution in [1.29, 1.82) is 0 Å². The third kappa shape index (κ3) is 5.48. The highest BCUT2D eigenvalue weighted by atomic mass is 35.5. The predicted octanol–water partition coefficient (Wildman–Crippen LogP) is 6.17. The Morgan fingerprint density at radius 2 is 2.03 bits per heavy atom. The van der Waals surface area contributed by atoms with Gasteiger partial charge in [-0.05, 0) is 67.3 Å². The van der Waals surface area contributed by atoms with Crippen molar-refractivity contribution >= 4 is 46.0 Å². The summed E-state index contributed by atoms with van der Waals surface area (Å²) in [5.41, 5.74) is 3.48. The van der Waals surface area contributed by atoms with Gasteiger partial charge in [-0.15, -0.1) is 0 Å². The number of pyridine rings is 1. The first-order chi connectivity index (χ1) is 17.9. The zero-order chi connectivity index (χ0) is 25.9. The van der Waals surface area contributed by atoms with Gasteiger partial charge in [-0.3, -0.25) is 14.6 Å². The molecular formula is C28H27Cl2N5O2. The van der Waals surface area contributed by atoms with E-state index < -0.39 is 0 Å². The third-order valence-corrected chi connectivity index (χ3v) is 7.34. The molecule has 2 aromatic heterocycles. The molecule has 0 aliphatic carbocycles. The number of aromatic amines is 1. The average molecular weight is 536 g/mol. The Morgan fingerprint density at radius 1 is 1.16 bits per heavy atom. The minimum Gasteiger partial charge on any atom is -0.351 e. The van der Waals surface area contributed by atoms with Gasteiger partial charge in [0, 0.05) is 42.0 Å². The van der Waals surface area contributed by atoms with E-state index in [2.05, 4.69) is 20.3 Å². The summed E-state index contributed by atoms with van der Waals surface area (Å²) in [6, 6.07) is 14.2. The third-order valence-electron chi connectivity index (χ3n) is 6.79. The second kappa shape index (κ2) is 10.9. The smallest absolute Gasteiger partial charge is 0.255 e. The Hall–Kier alpha value is -3.42. The van der Waals surface area contributed by atoms with Gasteiger partial charge in [0.15, 0.2) is 0 Å². The molecule has 1 aliphatic heterocycles. The first-order valence-corrected chi connectivity index (χ1v) is 13.1. The van der Waals surface area contributed by atoms with Crippen molar-refractivity contribution in [3.05, 3.63) is 93.5 Å². The largest absolute Gasteiger partial charge is 0.351 e. The van der Waals surface area contributed by atoms with E-state index >= 15 is 0 Å². The fourth-order valence-electron chi connectivity index (χ4n) is 4.76. The molecule has 2 N–H and O–H groups in total. The summed E-state index contributed by atoms with van der Waals surface area (Å²) in [5, 5.41) is 3.83. The molecule has 0 spiro atoms. The molecule has 4 aromatic rings. The fourth-order valence-corrected chi connectivity index (χ4v) is 5.19. The molecule has 2 aromatic carbocycles. The van der Waals surface area contributed by atoms with Crippen LogP contribution in [0.3, 0.4) is 0 Å². The molecule has 5 rings (SSSR count). The van der Waals surface area contributed by atoms with Crippen LogP contribution in [0.5, 0.6) is 0 Å². The van der Waals surface area contributed by atoms with Crippen LogP contribution in [0.1, 0.15) is 70.2 Å². The maximum atomic E-state index is 13.5. The van der Waals surface area contributed by atoms with Crippen LogP contribution in [-0.4, -0.2) is 44.8 Å². The first-order valence-electron chi connectivity index (χ1n) is 12.3. The number of hydrogen-bond donors (Lipinski definition) is 2. The molecule has 2 unspecified atom stereocenters. The molecule has 7 nitrogen and oxygen atoms in total. The van der Waals surface area contributed by atoms with Crippen LogP contribution in [-0.2, 0) is 0 Å². The van der Waals surface area contributed by atoms with Gasteiger partial charge in [0.05, 0.1) is 27.7 Å². The van der Waals surface area contributed by atoms with Gasteiger partial charge >= 0.3 is 0 Å². The Balaban J connectivity index is 1.26. The molecule has 0 radical (unpaired) electrons. The van der Waals surface area contributed by atoms with E-state index in [4.69, 9.17) is 23.2 Å². The summed E-state index contributed by atoms with van der Waals surface area (Å²) in [7, 11) is 0. The SMILES string of the molecule is CC(CNC(=O)c1ccc(C(=O)N2CCCCC2c2cccnc2)c(Cl)c1)c1nc2ccc(Cl)cc2[nH]1. The number of nitrogens with one attached hydrogen (secondary N) is 2. The fraction of sp³-hybridized carbons (Fsp3) is 0.286. The highest BCUT2D eigenvalue weighted by Gasteiger charge is 2.30. The number of halogens is 2. The topological polar surface area (TPSA) is 91.0 Å². The molecule has 190 valence electrons. The second-order valence-electron chi connectivity index (χ2n) is 9.39. The lowest BCUT2D eigenvalue weighted by Crippen LogP contribution is -2.38. The summed E-state index contributed by atoms with van der Waals surface area (Å²) in [4.78, 5) is 40.2. The average Bonchev–Trinajstić information content (AvgIpc) is 3.35. The van der Waals surface area contributed by atoms with E-state index in [1.807, 2.05) is 42.3 Å². The van der Waals surface area contributed by atoms with Crippen molar-refractivity contribution in [1.82, 2.24) is 25.2 Å². The number of rotatable bonds is 6. The van der Waals surface area contributed by atoms with Gasteiger partial charge in [0.2, 0.25) is 0 Å². The van der Waals surface area contributed by atoms with Crippen molar-refractivity contribution in [3.63, 3.8) is 0 Å². The Bertz CT molecular complexity index is 1440. The second-order valence-corrected chi connectivity index (χ2v) is 10.2. The standard InChI is InChI=1S/C28H27Cl2N5O2/c1-17(26-33-23-10-8-20(29)14-24(23)34-26)15-32-27(36)18-7-9-21(22(30)13-18)28(37)35-12-3-2-6-25(35)19-5-4-11-31-16-19/h4-5,7-11,13-14,16-17,25H,2-3,6,12,15H2,1H3,(H,32,36)(H,33,34). The Labute approximate surface area is 225 Å². The van der Waals surface area contributed by atoms with Crippen LogP contribution in [0.2, 0.25) is 10.0 Å². The highest BCUT2D eigenvalue weighted by Crippen LogP contribution is 2.33. The number of benzene rings is 2. The Morgan fingerprint density at radius 3 is 2.81 bits per heavy atom. The van der Waals surface area contributed by atoms with Crippen LogP contribution in [0, 0.1) is 0 Å². The molecule has 3 heterocycles. The quantitative estimate of drug-likeness (QED) is 0.309. The lowest BCUT2D eigenvalue weighted by atomic mass is 9.95. The number of imidazole rings is 1. The van der Waals surface area contributed by atoms with E-state index in [1.54, 1.807) is 30.5 Å². The molecule has 9 heteroatoms. The molecule has 0 bridgehead atoms.